The van der Waals surface area contributed by atoms with Crippen LogP contribution in [0, 0.1) is 5.92 Å². The molecule has 2 heterocycles. The molecule has 0 radical (unpaired) electrons. The van der Waals surface area contributed by atoms with Crippen LogP contribution in [0.2, 0.25) is 0 Å². The van der Waals surface area contributed by atoms with E-state index in [1.54, 1.807) is 7.11 Å². The fraction of sp³-hybridized carbons (Fsp3) is 0.438. The van der Waals surface area contributed by atoms with Crippen LogP contribution < -0.4 is 18.8 Å². The number of rotatable bonds is 4. The van der Waals surface area contributed by atoms with Crippen molar-refractivity contribution < 1.29 is 18.8 Å². The zero-order valence-corrected chi connectivity index (χ0v) is 12.2. The minimum Gasteiger partial charge on any atom is -0.492 e. The highest BCUT2D eigenvalue weighted by atomic mass is 16.7. The van der Waals surface area contributed by atoms with Gasteiger partial charge in [-0.05, 0) is 12.0 Å². The van der Waals surface area contributed by atoms with Gasteiger partial charge >= 0.3 is 0 Å². The lowest BCUT2D eigenvalue weighted by molar-refractivity contribution is -0.696. The summed E-state index contributed by atoms with van der Waals surface area (Å²) in [4.78, 5) is 0. The van der Waals surface area contributed by atoms with Gasteiger partial charge in [-0.25, -0.2) is 4.57 Å². The van der Waals surface area contributed by atoms with Gasteiger partial charge < -0.3 is 14.2 Å². The SMILES string of the molecule is COc1c2c(cc3cc[n+](CCC(C)C)cc13)OCO2. The summed E-state index contributed by atoms with van der Waals surface area (Å²) in [6.07, 6.45) is 5.38. The highest BCUT2D eigenvalue weighted by Gasteiger charge is 2.23. The van der Waals surface area contributed by atoms with Crippen LogP contribution >= 0.6 is 0 Å². The molecule has 1 aliphatic heterocycles. The average Bonchev–Trinajstić information content (AvgIpc) is 2.90. The molecule has 3 rings (SSSR count). The molecule has 0 aliphatic carbocycles. The molecule has 0 fully saturated rings. The van der Waals surface area contributed by atoms with Crippen LogP contribution in [0.15, 0.2) is 24.5 Å². The summed E-state index contributed by atoms with van der Waals surface area (Å²) < 4.78 is 18.7. The highest BCUT2D eigenvalue weighted by Crippen LogP contribution is 2.45. The summed E-state index contributed by atoms with van der Waals surface area (Å²) in [6.45, 7) is 5.74. The Morgan fingerprint density at radius 3 is 2.95 bits per heavy atom. The number of benzene rings is 1. The van der Waals surface area contributed by atoms with Gasteiger partial charge in [0.15, 0.2) is 23.9 Å². The second-order valence-electron chi connectivity index (χ2n) is 5.51. The van der Waals surface area contributed by atoms with Gasteiger partial charge in [0.05, 0.1) is 12.5 Å². The van der Waals surface area contributed by atoms with E-state index < -0.39 is 0 Å². The molecule has 1 aromatic carbocycles. The minimum atomic E-state index is 0.259. The van der Waals surface area contributed by atoms with Gasteiger partial charge in [-0.2, -0.15) is 0 Å². The molecule has 1 aliphatic rings. The van der Waals surface area contributed by atoms with Crippen molar-refractivity contribution in [3.8, 4) is 17.2 Å². The van der Waals surface area contributed by atoms with E-state index in [9.17, 15) is 0 Å². The second kappa shape index (κ2) is 5.19. The quantitative estimate of drug-likeness (QED) is 0.803. The van der Waals surface area contributed by atoms with Crippen molar-refractivity contribution in [1.29, 1.82) is 0 Å². The second-order valence-corrected chi connectivity index (χ2v) is 5.51. The van der Waals surface area contributed by atoms with Crippen molar-refractivity contribution in [1.82, 2.24) is 0 Å². The first-order chi connectivity index (χ1) is 9.69. The smallest absolute Gasteiger partial charge is 0.231 e. The van der Waals surface area contributed by atoms with Crippen molar-refractivity contribution in [2.24, 2.45) is 5.92 Å². The van der Waals surface area contributed by atoms with Crippen molar-refractivity contribution in [2.45, 2.75) is 26.8 Å². The molecule has 0 saturated heterocycles. The maximum Gasteiger partial charge on any atom is 0.231 e. The zero-order valence-electron chi connectivity index (χ0n) is 12.2. The summed E-state index contributed by atoms with van der Waals surface area (Å²) in [5.41, 5.74) is 0. The molecular weight excluding hydrogens is 254 g/mol. The lowest BCUT2D eigenvalue weighted by atomic mass is 10.1. The molecule has 0 unspecified atom stereocenters. The standard InChI is InChI=1S/C16H20NO3/c1-11(2)4-6-17-7-5-12-8-14-16(20-10-19-14)15(18-3)13(12)9-17/h5,7-9,11H,4,6,10H2,1-3H3/q+1. The van der Waals surface area contributed by atoms with Crippen molar-refractivity contribution in [3.63, 3.8) is 0 Å². The van der Waals surface area contributed by atoms with Gasteiger partial charge in [0.1, 0.15) is 6.54 Å². The predicted molar refractivity (Wildman–Crippen MR) is 76.3 cm³/mol. The molecule has 106 valence electrons. The maximum absolute atomic E-state index is 5.53. The Hall–Kier alpha value is -1.97. The fourth-order valence-electron chi connectivity index (χ4n) is 2.45. The summed E-state index contributed by atoms with van der Waals surface area (Å²) in [5.74, 6) is 2.92. The number of hydrogen-bond acceptors (Lipinski definition) is 3. The Bertz CT molecular complexity index is 637. The van der Waals surface area contributed by atoms with Crippen LogP contribution in [0.4, 0.5) is 0 Å². The molecular formula is C16H20NO3+. The molecule has 0 bridgehead atoms. The Morgan fingerprint density at radius 1 is 1.35 bits per heavy atom. The van der Waals surface area contributed by atoms with Crippen LogP contribution in [-0.4, -0.2) is 13.9 Å². The van der Waals surface area contributed by atoms with Crippen LogP contribution in [0.1, 0.15) is 20.3 Å². The van der Waals surface area contributed by atoms with Gasteiger partial charge in [-0.15, -0.1) is 0 Å². The molecule has 2 aromatic rings. The topological polar surface area (TPSA) is 31.6 Å². The Labute approximate surface area is 118 Å². The van der Waals surface area contributed by atoms with E-state index in [1.165, 1.54) is 0 Å². The Kier molecular flexibility index (Phi) is 3.38. The molecule has 4 heteroatoms. The van der Waals surface area contributed by atoms with Crippen LogP contribution in [0.5, 0.6) is 17.2 Å². The summed E-state index contributed by atoms with van der Waals surface area (Å²) in [7, 11) is 1.67. The molecule has 0 saturated carbocycles. The van der Waals surface area contributed by atoms with Crippen molar-refractivity contribution in [2.75, 3.05) is 13.9 Å². The van der Waals surface area contributed by atoms with Gasteiger partial charge in [-0.1, -0.05) is 13.8 Å². The summed E-state index contributed by atoms with van der Waals surface area (Å²) >= 11 is 0. The van der Waals surface area contributed by atoms with E-state index in [0.717, 1.165) is 35.2 Å². The van der Waals surface area contributed by atoms with Crippen molar-refractivity contribution >= 4 is 10.8 Å². The third-order valence-corrected chi connectivity index (χ3v) is 3.60. The largest absolute Gasteiger partial charge is 0.492 e. The Morgan fingerprint density at radius 2 is 2.20 bits per heavy atom. The van der Waals surface area contributed by atoms with E-state index in [4.69, 9.17) is 14.2 Å². The number of aryl methyl sites for hydroxylation is 1. The van der Waals surface area contributed by atoms with Crippen LogP contribution in [0.25, 0.3) is 10.8 Å². The highest BCUT2D eigenvalue weighted by molar-refractivity contribution is 5.92. The first-order valence-electron chi connectivity index (χ1n) is 6.98. The lowest BCUT2D eigenvalue weighted by Gasteiger charge is -2.08. The fourth-order valence-corrected chi connectivity index (χ4v) is 2.45. The van der Waals surface area contributed by atoms with E-state index >= 15 is 0 Å². The van der Waals surface area contributed by atoms with Gasteiger partial charge in [0.2, 0.25) is 12.5 Å². The molecule has 0 N–H and O–H groups in total. The third kappa shape index (κ3) is 2.26. The molecule has 0 atom stereocenters. The number of nitrogens with zero attached hydrogens (tertiary/aromatic N) is 1. The van der Waals surface area contributed by atoms with Gasteiger partial charge in [0, 0.05) is 17.9 Å². The first-order valence-corrected chi connectivity index (χ1v) is 6.98. The molecule has 20 heavy (non-hydrogen) atoms. The third-order valence-electron chi connectivity index (χ3n) is 3.60. The number of hydrogen-bond donors (Lipinski definition) is 0. The molecule has 1 aromatic heterocycles. The monoisotopic (exact) mass is 274 g/mol. The van der Waals surface area contributed by atoms with E-state index in [1.807, 2.05) is 6.07 Å². The normalized spacial score (nSPS) is 13.2. The maximum atomic E-state index is 5.53. The predicted octanol–water partition coefficient (Wildman–Crippen LogP) is 2.91. The summed E-state index contributed by atoms with van der Waals surface area (Å²) in [5, 5.41) is 2.16. The van der Waals surface area contributed by atoms with E-state index in [-0.39, 0.29) is 6.79 Å². The zero-order chi connectivity index (χ0) is 14.1. The minimum absolute atomic E-state index is 0.259. The average molecular weight is 274 g/mol. The van der Waals surface area contributed by atoms with Gasteiger partial charge in [-0.3, -0.25) is 0 Å². The van der Waals surface area contributed by atoms with Crippen LogP contribution in [0.3, 0.4) is 0 Å². The van der Waals surface area contributed by atoms with E-state index in [2.05, 4.69) is 36.9 Å². The molecule has 0 amide bonds. The first kappa shape index (κ1) is 13.0. The number of methoxy groups -OCH3 is 1. The molecule has 4 nitrogen and oxygen atoms in total. The summed E-state index contributed by atoms with van der Waals surface area (Å²) in [6, 6.07) is 4.10. The molecule has 0 spiro atoms. The van der Waals surface area contributed by atoms with Crippen LogP contribution in [-0.2, 0) is 6.54 Å². The number of ether oxygens (including phenoxy) is 3. The lowest BCUT2D eigenvalue weighted by Crippen LogP contribution is -2.33. The van der Waals surface area contributed by atoms with Gasteiger partial charge in [0.25, 0.3) is 0 Å². The number of pyridine rings is 1. The van der Waals surface area contributed by atoms with E-state index in [0.29, 0.717) is 11.7 Å². The Balaban J connectivity index is 2.06. The number of aromatic nitrogens is 1. The van der Waals surface area contributed by atoms with Crippen molar-refractivity contribution in [3.05, 3.63) is 24.5 Å². The number of fused-ring (bicyclic) bond motifs is 2.